The summed E-state index contributed by atoms with van der Waals surface area (Å²) in [6.07, 6.45) is 3.06. The van der Waals surface area contributed by atoms with Gasteiger partial charge in [-0.25, -0.2) is 0 Å². The lowest BCUT2D eigenvalue weighted by atomic mass is 10.1. The molecular formula is C18H23ClO2. The van der Waals surface area contributed by atoms with E-state index >= 15 is 0 Å². The van der Waals surface area contributed by atoms with Crippen molar-refractivity contribution in [3.8, 4) is 11.5 Å². The standard InChI is InChI=1S/C18H23ClO2/c1-3-4-11-20-17-8-9-18(21-12-5-10-19)16-13-14(2)6-7-15(16)17/h6-9,13H,3-5,10-12H2,1-2H3. The molecular weight excluding hydrogens is 284 g/mol. The number of unbranched alkanes of at least 4 members (excludes halogenated alkanes) is 1. The summed E-state index contributed by atoms with van der Waals surface area (Å²) in [6, 6.07) is 10.4. The molecule has 0 atom stereocenters. The Morgan fingerprint density at radius 1 is 0.905 bits per heavy atom. The lowest BCUT2D eigenvalue weighted by Gasteiger charge is -2.14. The number of aryl methyl sites for hydroxylation is 1. The van der Waals surface area contributed by atoms with E-state index in [4.69, 9.17) is 21.1 Å². The van der Waals surface area contributed by atoms with E-state index in [9.17, 15) is 0 Å². The number of ether oxygens (including phenoxy) is 2. The van der Waals surface area contributed by atoms with E-state index in [1.54, 1.807) is 0 Å². The molecule has 114 valence electrons. The van der Waals surface area contributed by atoms with Crippen molar-refractivity contribution in [3.05, 3.63) is 35.9 Å². The minimum absolute atomic E-state index is 0.620. The number of hydrogen-bond acceptors (Lipinski definition) is 2. The quantitative estimate of drug-likeness (QED) is 0.484. The number of hydrogen-bond donors (Lipinski definition) is 0. The van der Waals surface area contributed by atoms with Crippen LogP contribution in [0, 0.1) is 6.92 Å². The van der Waals surface area contributed by atoms with Gasteiger partial charge in [0.25, 0.3) is 0 Å². The van der Waals surface area contributed by atoms with Crippen molar-refractivity contribution in [2.75, 3.05) is 19.1 Å². The summed E-state index contributed by atoms with van der Waals surface area (Å²) in [7, 11) is 0. The molecule has 2 aromatic carbocycles. The van der Waals surface area contributed by atoms with Crippen LogP contribution in [0.15, 0.2) is 30.3 Å². The predicted molar refractivity (Wildman–Crippen MR) is 89.9 cm³/mol. The molecule has 0 unspecified atom stereocenters. The summed E-state index contributed by atoms with van der Waals surface area (Å²) in [5.41, 5.74) is 1.22. The topological polar surface area (TPSA) is 18.5 Å². The Bertz CT molecular complexity index is 581. The van der Waals surface area contributed by atoms with Gasteiger partial charge in [-0.15, -0.1) is 11.6 Å². The third-order valence-corrected chi connectivity index (χ3v) is 3.65. The maximum Gasteiger partial charge on any atom is 0.127 e. The highest BCUT2D eigenvalue weighted by Gasteiger charge is 2.08. The van der Waals surface area contributed by atoms with Crippen LogP contribution in [0.3, 0.4) is 0 Å². The Labute approximate surface area is 132 Å². The zero-order chi connectivity index (χ0) is 15.1. The molecule has 0 saturated carbocycles. The first-order valence-electron chi connectivity index (χ1n) is 7.61. The van der Waals surface area contributed by atoms with Crippen LogP contribution in [0.5, 0.6) is 11.5 Å². The van der Waals surface area contributed by atoms with Crippen molar-refractivity contribution < 1.29 is 9.47 Å². The number of rotatable bonds is 8. The maximum absolute atomic E-state index is 5.90. The average molecular weight is 307 g/mol. The van der Waals surface area contributed by atoms with Crippen LogP contribution in [0.4, 0.5) is 0 Å². The van der Waals surface area contributed by atoms with Crippen LogP contribution in [0.25, 0.3) is 10.8 Å². The van der Waals surface area contributed by atoms with Gasteiger partial charge in [0, 0.05) is 16.7 Å². The second-order valence-electron chi connectivity index (χ2n) is 5.20. The van der Waals surface area contributed by atoms with Gasteiger partial charge >= 0.3 is 0 Å². The molecule has 0 amide bonds. The summed E-state index contributed by atoms with van der Waals surface area (Å²) in [4.78, 5) is 0. The molecule has 2 nitrogen and oxygen atoms in total. The zero-order valence-corrected chi connectivity index (χ0v) is 13.6. The van der Waals surface area contributed by atoms with Gasteiger partial charge < -0.3 is 9.47 Å². The van der Waals surface area contributed by atoms with Crippen LogP contribution in [0.2, 0.25) is 0 Å². The van der Waals surface area contributed by atoms with E-state index in [2.05, 4.69) is 32.0 Å². The summed E-state index contributed by atoms with van der Waals surface area (Å²) in [6.45, 7) is 5.65. The van der Waals surface area contributed by atoms with Crippen molar-refractivity contribution in [3.63, 3.8) is 0 Å². The molecule has 0 aliphatic carbocycles. The van der Waals surface area contributed by atoms with Gasteiger partial charge in [-0.1, -0.05) is 31.0 Å². The van der Waals surface area contributed by atoms with Gasteiger partial charge in [-0.2, -0.15) is 0 Å². The van der Waals surface area contributed by atoms with Gasteiger partial charge in [0.15, 0.2) is 0 Å². The highest BCUT2D eigenvalue weighted by Crippen LogP contribution is 2.34. The van der Waals surface area contributed by atoms with Gasteiger partial charge in [0.2, 0.25) is 0 Å². The Morgan fingerprint density at radius 3 is 2.24 bits per heavy atom. The summed E-state index contributed by atoms with van der Waals surface area (Å²) < 4.78 is 11.8. The third-order valence-electron chi connectivity index (χ3n) is 3.38. The Kier molecular flexibility index (Phi) is 6.19. The maximum atomic E-state index is 5.90. The van der Waals surface area contributed by atoms with Gasteiger partial charge in [-0.05, 0) is 38.0 Å². The lowest BCUT2D eigenvalue weighted by molar-refractivity contribution is 0.309. The van der Waals surface area contributed by atoms with Crippen LogP contribution < -0.4 is 9.47 Å². The Balaban J connectivity index is 2.29. The second kappa shape index (κ2) is 8.14. The molecule has 0 heterocycles. The second-order valence-corrected chi connectivity index (χ2v) is 5.58. The molecule has 0 fully saturated rings. The highest BCUT2D eigenvalue weighted by molar-refractivity contribution is 6.17. The fourth-order valence-corrected chi connectivity index (χ4v) is 2.33. The summed E-state index contributed by atoms with van der Waals surface area (Å²) in [5.74, 6) is 2.46. The van der Waals surface area contributed by atoms with Crippen molar-refractivity contribution in [1.29, 1.82) is 0 Å². The van der Waals surface area contributed by atoms with Crippen LogP contribution in [0.1, 0.15) is 31.7 Å². The van der Waals surface area contributed by atoms with E-state index in [1.807, 2.05) is 12.1 Å². The SMILES string of the molecule is CCCCOc1ccc(OCCCCl)c2cc(C)ccc12. The highest BCUT2D eigenvalue weighted by atomic mass is 35.5. The van der Waals surface area contributed by atoms with Crippen molar-refractivity contribution >= 4 is 22.4 Å². The fraction of sp³-hybridized carbons (Fsp3) is 0.444. The summed E-state index contributed by atoms with van der Waals surface area (Å²) in [5, 5.41) is 2.22. The van der Waals surface area contributed by atoms with E-state index in [-0.39, 0.29) is 0 Å². The molecule has 3 heteroatoms. The van der Waals surface area contributed by atoms with Crippen LogP contribution in [-0.2, 0) is 0 Å². The predicted octanol–water partition coefficient (Wildman–Crippen LogP) is 5.33. The van der Waals surface area contributed by atoms with Crippen LogP contribution in [-0.4, -0.2) is 19.1 Å². The lowest BCUT2D eigenvalue weighted by Crippen LogP contribution is -2.00. The van der Waals surface area contributed by atoms with E-state index < -0.39 is 0 Å². The molecule has 21 heavy (non-hydrogen) atoms. The molecule has 0 saturated heterocycles. The van der Waals surface area contributed by atoms with E-state index in [0.717, 1.165) is 48.1 Å². The molecule has 0 aliphatic rings. The molecule has 0 bridgehead atoms. The van der Waals surface area contributed by atoms with Crippen molar-refractivity contribution in [2.24, 2.45) is 0 Å². The number of benzene rings is 2. The molecule has 2 rings (SSSR count). The fourth-order valence-electron chi connectivity index (χ4n) is 2.22. The largest absolute Gasteiger partial charge is 0.493 e. The smallest absolute Gasteiger partial charge is 0.127 e. The molecule has 0 aliphatic heterocycles. The number of alkyl halides is 1. The van der Waals surface area contributed by atoms with Gasteiger partial charge in [0.1, 0.15) is 11.5 Å². The molecule has 0 spiro atoms. The third kappa shape index (κ3) is 4.28. The Hall–Kier alpha value is -1.41. The molecule has 0 radical (unpaired) electrons. The van der Waals surface area contributed by atoms with Crippen molar-refractivity contribution in [1.82, 2.24) is 0 Å². The zero-order valence-electron chi connectivity index (χ0n) is 12.8. The summed E-state index contributed by atoms with van der Waals surface area (Å²) >= 11 is 5.71. The monoisotopic (exact) mass is 306 g/mol. The van der Waals surface area contributed by atoms with E-state index in [1.165, 1.54) is 5.56 Å². The number of halogens is 1. The van der Waals surface area contributed by atoms with Gasteiger partial charge in [0.05, 0.1) is 13.2 Å². The molecule has 0 N–H and O–H groups in total. The van der Waals surface area contributed by atoms with Crippen molar-refractivity contribution in [2.45, 2.75) is 33.1 Å². The minimum atomic E-state index is 0.620. The average Bonchev–Trinajstić information content (AvgIpc) is 2.49. The Morgan fingerprint density at radius 2 is 1.57 bits per heavy atom. The number of fused-ring (bicyclic) bond motifs is 1. The molecule has 2 aromatic rings. The van der Waals surface area contributed by atoms with E-state index in [0.29, 0.717) is 12.5 Å². The normalized spacial score (nSPS) is 10.8. The minimum Gasteiger partial charge on any atom is -0.493 e. The molecule has 0 aromatic heterocycles. The first-order valence-corrected chi connectivity index (χ1v) is 8.14. The first kappa shape index (κ1) is 16.0. The van der Waals surface area contributed by atoms with Crippen LogP contribution >= 0.6 is 11.6 Å². The first-order chi connectivity index (χ1) is 10.3. The van der Waals surface area contributed by atoms with Gasteiger partial charge in [-0.3, -0.25) is 0 Å².